The molecule has 134 valence electrons. The van der Waals surface area contributed by atoms with Gasteiger partial charge in [0.15, 0.2) is 11.6 Å². The molecule has 1 aliphatic rings. The van der Waals surface area contributed by atoms with Crippen molar-refractivity contribution in [1.29, 1.82) is 0 Å². The molecule has 0 aromatic carbocycles. The molecular weight excluding hydrogens is 332 g/mol. The number of aromatic carboxylic acids is 1. The molecular formula is C17H19F2N3O3. The first kappa shape index (κ1) is 17.3. The summed E-state index contributed by atoms with van der Waals surface area (Å²) in [6.07, 6.45) is 1.19. The van der Waals surface area contributed by atoms with E-state index < -0.39 is 28.7 Å². The molecule has 2 aromatic rings. The maximum atomic E-state index is 15.2. The number of rotatable bonds is 3. The minimum atomic E-state index is -1.42. The van der Waals surface area contributed by atoms with Crippen LogP contribution in [-0.2, 0) is 6.42 Å². The van der Waals surface area contributed by atoms with E-state index in [2.05, 4.69) is 5.32 Å². The molecule has 3 heterocycles. The van der Waals surface area contributed by atoms with Gasteiger partial charge in [0, 0.05) is 25.7 Å². The van der Waals surface area contributed by atoms with E-state index in [0.717, 1.165) is 10.6 Å². The molecule has 1 saturated heterocycles. The highest BCUT2D eigenvalue weighted by Crippen LogP contribution is 2.29. The van der Waals surface area contributed by atoms with E-state index in [1.54, 1.807) is 11.8 Å². The van der Waals surface area contributed by atoms with Gasteiger partial charge in [0.1, 0.15) is 11.3 Å². The Bertz CT molecular complexity index is 910. The summed E-state index contributed by atoms with van der Waals surface area (Å²) in [6, 6.07) is 1.25. The van der Waals surface area contributed by atoms with Crippen LogP contribution in [0.25, 0.3) is 5.52 Å². The van der Waals surface area contributed by atoms with Crippen LogP contribution >= 0.6 is 0 Å². The molecule has 8 heteroatoms. The van der Waals surface area contributed by atoms with Crippen molar-refractivity contribution in [2.24, 2.45) is 0 Å². The minimum absolute atomic E-state index is 0.0694. The van der Waals surface area contributed by atoms with Gasteiger partial charge >= 0.3 is 5.97 Å². The molecule has 0 bridgehead atoms. The van der Waals surface area contributed by atoms with E-state index in [1.807, 2.05) is 6.92 Å². The summed E-state index contributed by atoms with van der Waals surface area (Å²) in [5.41, 5.74) is -1.35. The number of fused-ring (bicyclic) bond motifs is 1. The number of piperazine rings is 1. The van der Waals surface area contributed by atoms with Crippen molar-refractivity contribution in [3.05, 3.63) is 45.4 Å². The highest BCUT2D eigenvalue weighted by Gasteiger charge is 2.26. The lowest BCUT2D eigenvalue weighted by Gasteiger charge is -2.34. The minimum Gasteiger partial charge on any atom is -0.477 e. The molecule has 3 rings (SSSR count). The van der Waals surface area contributed by atoms with Gasteiger partial charge in [0.2, 0.25) is 0 Å². The molecule has 0 saturated carbocycles. The summed E-state index contributed by atoms with van der Waals surface area (Å²) >= 11 is 0. The van der Waals surface area contributed by atoms with Gasteiger partial charge in [-0.15, -0.1) is 0 Å². The number of carboxylic acids is 1. The Hall–Kier alpha value is -2.48. The second-order valence-electron chi connectivity index (χ2n) is 6.21. The number of nitrogens with zero attached hydrogens (tertiary/aromatic N) is 2. The number of carbonyl (C=O) groups is 1. The van der Waals surface area contributed by atoms with Crippen LogP contribution in [0.2, 0.25) is 0 Å². The summed E-state index contributed by atoms with van der Waals surface area (Å²) in [4.78, 5) is 25.2. The van der Waals surface area contributed by atoms with Crippen LogP contribution in [0.15, 0.2) is 17.1 Å². The Kier molecular flexibility index (Phi) is 4.47. The van der Waals surface area contributed by atoms with Crippen LogP contribution in [0.3, 0.4) is 0 Å². The maximum Gasteiger partial charge on any atom is 0.341 e. The van der Waals surface area contributed by atoms with Gasteiger partial charge in [-0.05, 0) is 25.0 Å². The van der Waals surface area contributed by atoms with Crippen LogP contribution in [0, 0.1) is 11.6 Å². The molecule has 1 atom stereocenters. The topological polar surface area (TPSA) is 74.0 Å². The average molecular weight is 351 g/mol. The smallest absolute Gasteiger partial charge is 0.341 e. The van der Waals surface area contributed by atoms with E-state index in [0.29, 0.717) is 31.6 Å². The van der Waals surface area contributed by atoms with E-state index in [1.165, 1.54) is 6.07 Å². The average Bonchev–Trinajstić information content (AvgIpc) is 2.55. The van der Waals surface area contributed by atoms with Crippen molar-refractivity contribution in [3.8, 4) is 0 Å². The maximum absolute atomic E-state index is 15.2. The highest BCUT2D eigenvalue weighted by molar-refractivity contribution is 5.88. The molecule has 6 nitrogen and oxygen atoms in total. The van der Waals surface area contributed by atoms with Crippen molar-refractivity contribution in [2.75, 3.05) is 24.5 Å². The largest absolute Gasteiger partial charge is 0.477 e. The summed E-state index contributed by atoms with van der Waals surface area (Å²) in [7, 11) is 0. The third-order valence-corrected chi connectivity index (χ3v) is 4.49. The van der Waals surface area contributed by atoms with Crippen LogP contribution in [-0.4, -0.2) is 41.2 Å². The lowest BCUT2D eigenvalue weighted by Crippen LogP contribution is -2.50. The normalized spacial score (nSPS) is 17.9. The summed E-state index contributed by atoms with van der Waals surface area (Å²) in [6.45, 7) is 5.11. The molecule has 0 spiro atoms. The molecule has 0 radical (unpaired) electrons. The van der Waals surface area contributed by atoms with Crippen molar-refractivity contribution in [1.82, 2.24) is 9.72 Å². The zero-order valence-corrected chi connectivity index (χ0v) is 14.0. The number of nitrogens with one attached hydrogen (secondary N) is 1. The number of pyridine rings is 2. The fraction of sp³-hybridized carbons (Fsp3) is 0.412. The lowest BCUT2D eigenvalue weighted by molar-refractivity contribution is 0.0694. The number of aryl methyl sites for hydroxylation is 1. The van der Waals surface area contributed by atoms with Gasteiger partial charge in [0.05, 0.1) is 11.7 Å². The predicted molar refractivity (Wildman–Crippen MR) is 89.6 cm³/mol. The first-order valence-corrected chi connectivity index (χ1v) is 8.13. The van der Waals surface area contributed by atoms with Crippen molar-refractivity contribution in [2.45, 2.75) is 26.3 Å². The van der Waals surface area contributed by atoms with Crippen molar-refractivity contribution >= 4 is 17.2 Å². The van der Waals surface area contributed by atoms with Gasteiger partial charge in [-0.3, -0.25) is 9.20 Å². The van der Waals surface area contributed by atoms with Crippen LogP contribution in [0.4, 0.5) is 14.5 Å². The molecule has 0 aliphatic carbocycles. The van der Waals surface area contributed by atoms with Gasteiger partial charge in [-0.1, -0.05) is 6.92 Å². The van der Waals surface area contributed by atoms with Gasteiger partial charge < -0.3 is 15.3 Å². The number of hydrogen-bond acceptors (Lipinski definition) is 4. The van der Waals surface area contributed by atoms with E-state index in [9.17, 15) is 14.0 Å². The summed E-state index contributed by atoms with van der Waals surface area (Å²) < 4.78 is 30.6. The number of carboxylic acid groups (broad SMARTS) is 1. The number of anilines is 1. The van der Waals surface area contributed by atoms with Crippen LogP contribution < -0.4 is 15.8 Å². The Morgan fingerprint density at radius 3 is 2.76 bits per heavy atom. The van der Waals surface area contributed by atoms with Gasteiger partial charge in [0.25, 0.3) is 5.56 Å². The van der Waals surface area contributed by atoms with E-state index >= 15 is 4.39 Å². The molecule has 25 heavy (non-hydrogen) atoms. The second-order valence-corrected chi connectivity index (χ2v) is 6.21. The lowest BCUT2D eigenvalue weighted by atomic mass is 10.1. The Morgan fingerprint density at radius 1 is 1.44 bits per heavy atom. The summed E-state index contributed by atoms with van der Waals surface area (Å²) in [5.74, 6) is -3.14. The Labute approximate surface area is 142 Å². The van der Waals surface area contributed by atoms with Gasteiger partial charge in [-0.25, -0.2) is 13.6 Å². The van der Waals surface area contributed by atoms with Crippen LogP contribution in [0.5, 0.6) is 0 Å². The van der Waals surface area contributed by atoms with Crippen molar-refractivity contribution in [3.63, 3.8) is 0 Å². The molecule has 2 aromatic heterocycles. The molecule has 1 fully saturated rings. The fourth-order valence-corrected chi connectivity index (χ4v) is 3.30. The third-order valence-electron chi connectivity index (χ3n) is 4.49. The standard InChI is InChI=1S/C17H19F2N3O3/c1-3-10-6-11(17(24)25)16(23)22-8-12(18)15(13(19)14(10)22)21-5-4-20-9(2)7-21/h6,8-9,20H,3-5,7H2,1-2H3,(H,24,25). The Morgan fingerprint density at radius 2 is 2.16 bits per heavy atom. The van der Waals surface area contributed by atoms with E-state index in [4.69, 9.17) is 5.11 Å². The van der Waals surface area contributed by atoms with E-state index in [-0.39, 0.29) is 17.2 Å². The predicted octanol–water partition coefficient (Wildman–Crippen LogP) is 1.64. The monoisotopic (exact) mass is 351 g/mol. The summed E-state index contributed by atoms with van der Waals surface area (Å²) in [5, 5.41) is 12.4. The number of halogens is 2. The first-order chi connectivity index (χ1) is 11.8. The SMILES string of the molecule is CCc1cc(C(=O)O)c(=O)n2cc(F)c(N3CCNC(C)C3)c(F)c12. The quantitative estimate of drug-likeness (QED) is 0.879. The van der Waals surface area contributed by atoms with Crippen molar-refractivity contribution < 1.29 is 18.7 Å². The van der Waals surface area contributed by atoms with Gasteiger partial charge in [-0.2, -0.15) is 0 Å². The third kappa shape index (κ3) is 2.86. The molecule has 2 N–H and O–H groups in total. The molecule has 0 amide bonds. The molecule has 1 aliphatic heterocycles. The fourth-order valence-electron chi connectivity index (χ4n) is 3.30. The van der Waals surface area contributed by atoms with Crippen LogP contribution in [0.1, 0.15) is 29.8 Å². The Balaban J connectivity index is 2.31. The molecule has 1 unspecified atom stereocenters. The second kappa shape index (κ2) is 6.44. The number of hydrogen-bond donors (Lipinski definition) is 2. The zero-order chi connectivity index (χ0) is 18.3. The highest BCUT2D eigenvalue weighted by atomic mass is 19.1. The number of aromatic nitrogens is 1. The first-order valence-electron chi connectivity index (χ1n) is 8.13. The zero-order valence-electron chi connectivity index (χ0n) is 14.0.